The molecule has 1 aromatic carbocycles. The van der Waals surface area contributed by atoms with Crippen LogP contribution < -0.4 is 5.32 Å². The number of hydrogen-bond acceptors (Lipinski definition) is 3. The van der Waals surface area contributed by atoms with Crippen LogP contribution in [0.15, 0.2) is 35.9 Å². The predicted octanol–water partition coefficient (Wildman–Crippen LogP) is 1.59. The van der Waals surface area contributed by atoms with Gasteiger partial charge in [-0.2, -0.15) is 0 Å². The van der Waals surface area contributed by atoms with Crippen molar-refractivity contribution in [2.75, 3.05) is 26.2 Å². The summed E-state index contributed by atoms with van der Waals surface area (Å²) in [6.45, 7) is 3.56. The van der Waals surface area contributed by atoms with E-state index in [1.807, 2.05) is 18.2 Å². The average Bonchev–Trinajstić information content (AvgIpc) is 2.92. The molecule has 4 nitrogen and oxygen atoms in total. The van der Waals surface area contributed by atoms with Gasteiger partial charge >= 0.3 is 0 Å². The number of aliphatic hydroxyl groups is 1. The molecular formula is C19H24N2O2. The summed E-state index contributed by atoms with van der Waals surface area (Å²) in [5.74, 6) is 0.521. The second-order valence-electron chi connectivity index (χ2n) is 7.18. The largest absolute Gasteiger partial charge is 0.383 e. The van der Waals surface area contributed by atoms with Crippen LogP contribution in [-0.4, -0.2) is 42.1 Å². The fourth-order valence-corrected chi connectivity index (χ4v) is 4.32. The summed E-state index contributed by atoms with van der Waals surface area (Å²) in [6, 6.07) is 7.98. The van der Waals surface area contributed by atoms with Crippen molar-refractivity contribution in [2.45, 2.75) is 31.3 Å². The third-order valence-electron chi connectivity index (χ3n) is 5.72. The maximum Gasteiger partial charge on any atom is 0.244 e. The summed E-state index contributed by atoms with van der Waals surface area (Å²) in [4.78, 5) is 14.7. The second kappa shape index (κ2) is 5.77. The number of carbonyl (C=O) groups excluding carboxylic acids is 1. The lowest BCUT2D eigenvalue weighted by Gasteiger charge is -2.41. The number of benzene rings is 1. The van der Waals surface area contributed by atoms with Crippen LogP contribution in [0.3, 0.4) is 0 Å². The fourth-order valence-electron chi connectivity index (χ4n) is 4.32. The molecular weight excluding hydrogens is 288 g/mol. The Labute approximate surface area is 137 Å². The molecule has 2 bridgehead atoms. The van der Waals surface area contributed by atoms with Gasteiger partial charge in [0.1, 0.15) is 5.60 Å². The zero-order valence-corrected chi connectivity index (χ0v) is 13.4. The van der Waals surface area contributed by atoms with Gasteiger partial charge in [-0.15, -0.1) is 0 Å². The molecule has 122 valence electrons. The Morgan fingerprint density at radius 1 is 1.35 bits per heavy atom. The van der Waals surface area contributed by atoms with Gasteiger partial charge in [0, 0.05) is 12.6 Å². The standard InChI is InChI=1S/C19H24N2O2/c22-18(11-16-12-21-9-6-14(16)7-10-21)20-13-19(23)8-5-15-3-1-2-4-17(15)19/h1-4,11,14,23H,5-10,12-13H2,(H,20,22)/b16-11-. The van der Waals surface area contributed by atoms with Crippen LogP contribution in [0.4, 0.5) is 0 Å². The van der Waals surface area contributed by atoms with Crippen molar-refractivity contribution in [1.29, 1.82) is 0 Å². The van der Waals surface area contributed by atoms with Gasteiger partial charge in [-0.3, -0.25) is 9.69 Å². The predicted molar refractivity (Wildman–Crippen MR) is 88.9 cm³/mol. The van der Waals surface area contributed by atoms with Crippen LogP contribution in [0.25, 0.3) is 0 Å². The zero-order chi connectivity index (χ0) is 15.9. The van der Waals surface area contributed by atoms with Crippen molar-refractivity contribution >= 4 is 5.91 Å². The number of hydrogen-bond donors (Lipinski definition) is 2. The topological polar surface area (TPSA) is 52.6 Å². The maximum atomic E-state index is 12.3. The van der Waals surface area contributed by atoms with Gasteiger partial charge in [-0.1, -0.05) is 24.3 Å². The number of fused-ring (bicyclic) bond motifs is 4. The molecule has 3 heterocycles. The van der Waals surface area contributed by atoms with Crippen LogP contribution >= 0.6 is 0 Å². The summed E-state index contributed by atoms with van der Waals surface area (Å²) < 4.78 is 0. The quantitative estimate of drug-likeness (QED) is 0.834. The van der Waals surface area contributed by atoms with Gasteiger partial charge in [0.2, 0.25) is 5.91 Å². The van der Waals surface area contributed by atoms with Gasteiger partial charge in [-0.05, 0) is 61.4 Å². The average molecular weight is 312 g/mol. The summed E-state index contributed by atoms with van der Waals surface area (Å²) in [5.41, 5.74) is 2.51. The Balaban J connectivity index is 1.41. The SMILES string of the molecule is O=C(/C=C1/CN2CCC1CC2)NCC1(O)CCc2ccccc21. The van der Waals surface area contributed by atoms with Crippen molar-refractivity contribution in [3.63, 3.8) is 0 Å². The van der Waals surface area contributed by atoms with Gasteiger partial charge in [0.05, 0.1) is 6.54 Å². The summed E-state index contributed by atoms with van der Waals surface area (Å²) in [7, 11) is 0. The molecule has 0 radical (unpaired) electrons. The normalized spacial score (nSPS) is 33.7. The van der Waals surface area contributed by atoms with Crippen molar-refractivity contribution in [1.82, 2.24) is 10.2 Å². The van der Waals surface area contributed by atoms with E-state index in [2.05, 4.69) is 16.3 Å². The third-order valence-corrected chi connectivity index (χ3v) is 5.72. The number of rotatable bonds is 3. The molecule has 1 atom stereocenters. The molecule has 3 aliphatic heterocycles. The zero-order valence-electron chi connectivity index (χ0n) is 13.4. The molecule has 0 spiro atoms. The number of nitrogens with zero attached hydrogens (tertiary/aromatic N) is 1. The van der Waals surface area contributed by atoms with Crippen molar-refractivity contribution in [2.24, 2.45) is 5.92 Å². The molecule has 3 fully saturated rings. The van der Waals surface area contributed by atoms with E-state index in [4.69, 9.17) is 0 Å². The van der Waals surface area contributed by atoms with Gasteiger partial charge < -0.3 is 10.4 Å². The maximum absolute atomic E-state index is 12.3. The van der Waals surface area contributed by atoms with E-state index in [-0.39, 0.29) is 5.91 Å². The molecule has 2 N–H and O–H groups in total. The molecule has 5 rings (SSSR count). The Morgan fingerprint density at radius 2 is 2.13 bits per heavy atom. The molecule has 1 aromatic rings. The molecule has 0 saturated carbocycles. The molecule has 1 aliphatic carbocycles. The lowest BCUT2D eigenvalue weighted by atomic mass is 9.83. The van der Waals surface area contributed by atoms with Crippen molar-refractivity contribution in [3.8, 4) is 0 Å². The highest BCUT2D eigenvalue weighted by molar-refractivity contribution is 5.88. The Morgan fingerprint density at radius 3 is 2.87 bits per heavy atom. The highest BCUT2D eigenvalue weighted by Crippen LogP contribution is 2.36. The van der Waals surface area contributed by atoms with E-state index >= 15 is 0 Å². The third kappa shape index (κ3) is 2.81. The van der Waals surface area contributed by atoms with E-state index in [1.165, 1.54) is 37.1 Å². The Kier molecular flexibility index (Phi) is 3.74. The number of aryl methyl sites for hydroxylation is 1. The highest BCUT2D eigenvalue weighted by atomic mass is 16.3. The second-order valence-corrected chi connectivity index (χ2v) is 7.18. The van der Waals surface area contributed by atoms with E-state index in [1.54, 1.807) is 6.08 Å². The van der Waals surface area contributed by atoms with Crippen LogP contribution in [-0.2, 0) is 16.8 Å². The molecule has 4 heteroatoms. The van der Waals surface area contributed by atoms with Crippen LogP contribution in [0.2, 0.25) is 0 Å². The minimum atomic E-state index is -0.917. The highest BCUT2D eigenvalue weighted by Gasteiger charge is 2.36. The van der Waals surface area contributed by atoms with E-state index < -0.39 is 5.60 Å². The van der Waals surface area contributed by atoms with E-state index in [0.29, 0.717) is 18.9 Å². The number of nitrogens with one attached hydrogen (secondary N) is 1. The molecule has 3 saturated heterocycles. The number of amides is 1. The van der Waals surface area contributed by atoms with E-state index in [9.17, 15) is 9.90 Å². The summed E-state index contributed by atoms with van der Waals surface area (Å²) in [6.07, 6.45) is 5.69. The van der Waals surface area contributed by atoms with Crippen LogP contribution in [0.1, 0.15) is 30.4 Å². The first-order valence-corrected chi connectivity index (χ1v) is 8.65. The lowest BCUT2D eigenvalue weighted by Crippen LogP contribution is -2.44. The van der Waals surface area contributed by atoms with Crippen LogP contribution in [0.5, 0.6) is 0 Å². The first-order valence-electron chi connectivity index (χ1n) is 8.65. The number of piperidine rings is 3. The van der Waals surface area contributed by atoms with Gasteiger partial charge in [0.15, 0.2) is 0 Å². The molecule has 1 amide bonds. The smallest absolute Gasteiger partial charge is 0.244 e. The van der Waals surface area contributed by atoms with Crippen LogP contribution in [0, 0.1) is 5.92 Å². The monoisotopic (exact) mass is 312 g/mol. The fraction of sp³-hybridized carbons (Fsp3) is 0.526. The van der Waals surface area contributed by atoms with Gasteiger partial charge in [0.25, 0.3) is 0 Å². The van der Waals surface area contributed by atoms with E-state index in [0.717, 1.165) is 18.5 Å². The minimum Gasteiger partial charge on any atom is -0.383 e. The molecule has 1 unspecified atom stereocenters. The van der Waals surface area contributed by atoms with Gasteiger partial charge in [-0.25, -0.2) is 0 Å². The minimum absolute atomic E-state index is 0.0634. The Hall–Kier alpha value is -1.65. The summed E-state index contributed by atoms with van der Waals surface area (Å²) in [5, 5.41) is 13.8. The summed E-state index contributed by atoms with van der Waals surface area (Å²) >= 11 is 0. The number of carbonyl (C=O) groups is 1. The first-order chi connectivity index (χ1) is 11.1. The Bertz CT molecular complexity index is 647. The van der Waals surface area contributed by atoms with Crippen molar-refractivity contribution < 1.29 is 9.90 Å². The lowest BCUT2D eigenvalue weighted by molar-refractivity contribution is -0.118. The molecule has 0 aromatic heterocycles. The first kappa shape index (κ1) is 14.9. The molecule has 4 aliphatic rings. The van der Waals surface area contributed by atoms with Crippen molar-refractivity contribution in [3.05, 3.63) is 47.0 Å². The molecule has 23 heavy (non-hydrogen) atoms.